The van der Waals surface area contributed by atoms with Crippen LogP contribution in [0.15, 0.2) is 18.2 Å². The van der Waals surface area contributed by atoms with E-state index in [1.807, 2.05) is 6.07 Å². The van der Waals surface area contributed by atoms with E-state index in [4.69, 9.17) is 5.73 Å². The van der Waals surface area contributed by atoms with E-state index < -0.39 is 4.92 Å². The van der Waals surface area contributed by atoms with E-state index in [-0.39, 0.29) is 17.5 Å². The van der Waals surface area contributed by atoms with Crippen molar-refractivity contribution in [3.8, 4) is 0 Å². The zero-order chi connectivity index (χ0) is 14.3. The summed E-state index contributed by atoms with van der Waals surface area (Å²) < 4.78 is 0. The number of aliphatic hydroxyl groups is 1. The number of benzene rings is 1. The van der Waals surface area contributed by atoms with Gasteiger partial charge in [-0.2, -0.15) is 0 Å². The molecule has 1 aromatic rings. The molecule has 6 nitrogen and oxygen atoms in total. The van der Waals surface area contributed by atoms with Crippen molar-refractivity contribution in [2.75, 3.05) is 18.8 Å². The molecule has 3 atom stereocenters. The fraction of sp³-hybridized carbons (Fsp3) is 0.571. The second-order valence-electron chi connectivity index (χ2n) is 5.91. The first-order valence-electron chi connectivity index (χ1n) is 6.98. The number of nitrogens with zero attached hydrogens (tertiary/aromatic N) is 2. The lowest BCUT2D eigenvalue weighted by molar-refractivity contribution is -0.384. The summed E-state index contributed by atoms with van der Waals surface area (Å²) in [5.41, 5.74) is 6.68. The monoisotopic (exact) mass is 277 g/mol. The van der Waals surface area contributed by atoms with Crippen LogP contribution in [0.5, 0.6) is 0 Å². The second kappa shape index (κ2) is 5.03. The van der Waals surface area contributed by atoms with E-state index in [0.29, 0.717) is 18.4 Å². The number of likely N-dealkylation sites (tertiary alicyclic amines) is 1. The summed E-state index contributed by atoms with van der Waals surface area (Å²) in [6.45, 7) is 2.53. The Labute approximate surface area is 117 Å². The number of nitrogens with two attached hydrogens (primary N) is 1. The Morgan fingerprint density at radius 3 is 2.90 bits per heavy atom. The van der Waals surface area contributed by atoms with Crippen molar-refractivity contribution in [1.29, 1.82) is 0 Å². The molecule has 2 aliphatic rings. The molecule has 0 amide bonds. The summed E-state index contributed by atoms with van der Waals surface area (Å²) in [4.78, 5) is 12.7. The zero-order valence-electron chi connectivity index (χ0n) is 11.2. The van der Waals surface area contributed by atoms with E-state index in [9.17, 15) is 15.2 Å². The van der Waals surface area contributed by atoms with Gasteiger partial charge in [0.15, 0.2) is 0 Å². The molecule has 3 N–H and O–H groups in total. The Morgan fingerprint density at radius 1 is 1.40 bits per heavy atom. The first kappa shape index (κ1) is 13.3. The van der Waals surface area contributed by atoms with Crippen LogP contribution in [-0.2, 0) is 6.54 Å². The minimum Gasteiger partial charge on any atom is -0.393 e. The largest absolute Gasteiger partial charge is 0.393 e. The van der Waals surface area contributed by atoms with Crippen LogP contribution in [0.25, 0.3) is 0 Å². The highest BCUT2D eigenvalue weighted by molar-refractivity contribution is 5.59. The van der Waals surface area contributed by atoms with E-state index in [1.165, 1.54) is 0 Å². The van der Waals surface area contributed by atoms with Gasteiger partial charge in [-0.25, -0.2) is 0 Å². The Kier molecular flexibility index (Phi) is 3.35. The predicted octanol–water partition coefficient (Wildman–Crippen LogP) is 1.38. The predicted molar refractivity (Wildman–Crippen MR) is 75.0 cm³/mol. The van der Waals surface area contributed by atoms with Crippen LogP contribution >= 0.6 is 0 Å². The molecule has 1 saturated carbocycles. The SMILES string of the molecule is Nc1ccc(CN2CC3CCC(O)C3C2)cc1[N+](=O)[O-]. The Morgan fingerprint density at radius 2 is 2.20 bits per heavy atom. The van der Waals surface area contributed by atoms with Gasteiger partial charge >= 0.3 is 0 Å². The summed E-state index contributed by atoms with van der Waals surface area (Å²) in [6, 6.07) is 4.99. The summed E-state index contributed by atoms with van der Waals surface area (Å²) in [6.07, 6.45) is 1.83. The van der Waals surface area contributed by atoms with E-state index >= 15 is 0 Å². The minimum absolute atomic E-state index is 0.0260. The first-order valence-corrected chi connectivity index (χ1v) is 6.98. The van der Waals surface area contributed by atoms with Crippen molar-refractivity contribution in [1.82, 2.24) is 4.90 Å². The standard InChI is InChI=1S/C14H19N3O3/c15-12-3-1-9(5-13(12)17(19)20)6-16-7-10-2-4-14(18)11(10)8-16/h1,3,5,10-11,14,18H,2,4,6-8,15H2. The van der Waals surface area contributed by atoms with Gasteiger partial charge in [0.25, 0.3) is 5.69 Å². The highest BCUT2D eigenvalue weighted by atomic mass is 16.6. The summed E-state index contributed by atoms with van der Waals surface area (Å²) in [7, 11) is 0. The number of nitro groups is 1. The van der Waals surface area contributed by atoms with Gasteiger partial charge < -0.3 is 10.8 Å². The molecule has 0 spiro atoms. The lowest BCUT2D eigenvalue weighted by Gasteiger charge is -2.18. The second-order valence-corrected chi connectivity index (χ2v) is 5.91. The molecular weight excluding hydrogens is 258 g/mol. The van der Waals surface area contributed by atoms with E-state index in [2.05, 4.69) is 4.90 Å². The van der Waals surface area contributed by atoms with Crippen molar-refractivity contribution in [2.24, 2.45) is 11.8 Å². The van der Waals surface area contributed by atoms with Gasteiger partial charge in [-0.15, -0.1) is 0 Å². The molecule has 1 saturated heterocycles. The molecule has 20 heavy (non-hydrogen) atoms. The molecule has 3 rings (SSSR count). The van der Waals surface area contributed by atoms with Gasteiger partial charge in [-0.05, 0) is 30.4 Å². The molecule has 6 heteroatoms. The van der Waals surface area contributed by atoms with Crippen LogP contribution in [0.2, 0.25) is 0 Å². The van der Waals surface area contributed by atoms with Gasteiger partial charge in [0.05, 0.1) is 11.0 Å². The van der Waals surface area contributed by atoms with Crippen molar-refractivity contribution in [3.63, 3.8) is 0 Å². The molecule has 0 bridgehead atoms. The number of anilines is 1. The van der Waals surface area contributed by atoms with Crippen molar-refractivity contribution < 1.29 is 10.0 Å². The highest BCUT2D eigenvalue weighted by Gasteiger charge is 2.41. The van der Waals surface area contributed by atoms with E-state index in [1.54, 1.807) is 12.1 Å². The Bertz CT molecular complexity index is 534. The summed E-state index contributed by atoms with van der Waals surface area (Å²) in [5.74, 6) is 0.951. The smallest absolute Gasteiger partial charge is 0.292 e. The number of rotatable bonds is 3. The first-order chi connectivity index (χ1) is 9.54. The average molecular weight is 277 g/mol. The van der Waals surface area contributed by atoms with Crippen LogP contribution in [0.3, 0.4) is 0 Å². The molecule has 3 unspecified atom stereocenters. The van der Waals surface area contributed by atoms with Crippen molar-refractivity contribution >= 4 is 11.4 Å². The number of fused-ring (bicyclic) bond motifs is 1. The zero-order valence-corrected chi connectivity index (χ0v) is 11.2. The Hall–Kier alpha value is -1.66. The third-order valence-corrected chi connectivity index (χ3v) is 4.59. The third-order valence-electron chi connectivity index (χ3n) is 4.59. The molecule has 0 aromatic heterocycles. The number of hydrogen-bond donors (Lipinski definition) is 2. The van der Waals surface area contributed by atoms with Gasteiger partial charge in [0.2, 0.25) is 0 Å². The van der Waals surface area contributed by atoms with Crippen LogP contribution in [0.1, 0.15) is 18.4 Å². The number of nitro benzene ring substituents is 1. The Balaban J connectivity index is 1.70. The average Bonchev–Trinajstić information content (AvgIpc) is 2.94. The van der Waals surface area contributed by atoms with Gasteiger partial charge in [-0.1, -0.05) is 6.07 Å². The molecule has 0 radical (unpaired) electrons. The normalized spacial score (nSPS) is 29.6. The van der Waals surface area contributed by atoms with Gasteiger partial charge in [0, 0.05) is 31.6 Å². The minimum atomic E-state index is -0.443. The molecule has 2 fully saturated rings. The third kappa shape index (κ3) is 2.36. The number of nitrogen functional groups attached to an aromatic ring is 1. The van der Waals surface area contributed by atoms with Crippen LogP contribution in [0, 0.1) is 22.0 Å². The van der Waals surface area contributed by atoms with Crippen LogP contribution in [0.4, 0.5) is 11.4 Å². The lowest BCUT2D eigenvalue weighted by Crippen LogP contribution is -2.24. The maximum absolute atomic E-state index is 10.9. The summed E-state index contributed by atoms with van der Waals surface area (Å²) in [5, 5.41) is 20.8. The van der Waals surface area contributed by atoms with E-state index in [0.717, 1.165) is 31.5 Å². The van der Waals surface area contributed by atoms with Gasteiger partial charge in [0.1, 0.15) is 5.69 Å². The van der Waals surface area contributed by atoms with Gasteiger partial charge in [-0.3, -0.25) is 15.0 Å². The molecule has 1 heterocycles. The summed E-state index contributed by atoms with van der Waals surface area (Å²) >= 11 is 0. The molecule has 1 aromatic carbocycles. The topological polar surface area (TPSA) is 92.6 Å². The maximum atomic E-state index is 10.9. The highest BCUT2D eigenvalue weighted by Crippen LogP contribution is 2.38. The fourth-order valence-corrected chi connectivity index (χ4v) is 3.56. The van der Waals surface area contributed by atoms with Crippen LogP contribution < -0.4 is 5.73 Å². The molecule has 108 valence electrons. The van der Waals surface area contributed by atoms with Crippen molar-refractivity contribution in [3.05, 3.63) is 33.9 Å². The lowest BCUT2D eigenvalue weighted by atomic mass is 10.00. The number of hydrogen-bond acceptors (Lipinski definition) is 5. The molecule has 1 aliphatic carbocycles. The number of aliphatic hydroxyl groups excluding tert-OH is 1. The molecular formula is C14H19N3O3. The fourth-order valence-electron chi connectivity index (χ4n) is 3.56. The van der Waals surface area contributed by atoms with Crippen molar-refractivity contribution in [2.45, 2.75) is 25.5 Å². The van der Waals surface area contributed by atoms with Crippen LogP contribution in [-0.4, -0.2) is 34.1 Å². The molecule has 1 aliphatic heterocycles. The maximum Gasteiger partial charge on any atom is 0.292 e. The quantitative estimate of drug-likeness (QED) is 0.494.